The minimum atomic E-state index is -0.993. The summed E-state index contributed by atoms with van der Waals surface area (Å²) in [4.78, 5) is 12.6. The number of hydrogen-bond donors (Lipinski definition) is 1. The van der Waals surface area contributed by atoms with Gasteiger partial charge in [-0.15, -0.1) is 0 Å². The number of anilines is 1. The first-order valence-corrected chi connectivity index (χ1v) is 10.1. The van der Waals surface area contributed by atoms with Crippen LogP contribution in [0.1, 0.15) is 22.4 Å². The van der Waals surface area contributed by atoms with Crippen molar-refractivity contribution in [3.05, 3.63) is 76.7 Å². The van der Waals surface area contributed by atoms with Crippen molar-refractivity contribution in [2.75, 3.05) is 5.32 Å². The average molecular weight is 383 g/mol. The highest BCUT2D eigenvalue weighted by Crippen LogP contribution is 2.32. The fraction of sp³-hybridized carbons (Fsp3) is 0.200. The number of halogens is 1. The van der Waals surface area contributed by atoms with Crippen molar-refractivity contribution in [1.29, 1.82) is 0 Å². The fourth-order valence-corrected chi connectivity index (χ4v) is 4.46. The first-order valence-electron chi connectivity index (χ1n) is 8.57. The molecule has 4 rings (SSSR count). The van der Waals surface area contributed by atoms with Gasteiger partial charge in [0.15, 0.2) is 0 Å². The maximum atomic E-state index is 13.1. The normalized spacial score (nSPS) is 15.6. The summed E-state index contributed by atoms with van der Waals surface area (Å²) in [7, 11) is -0.993. The third-order valence-electron chi connectivity index (χ3n) is 4.55. The van der Waals surface area contributed by atoms with Crippen molar-refractivity contribution >= 4 is 22.5 Å². The van der Waals surface area contributed by atoms with Gasteiger partial charge in [-0.1, -0.05) is 30.3 Å². The molecule has 1 aliphatic rings. The molecule has 138 valence electrons. The van der Waals surface area contributed by atoms with Crippen LogP contribution in [0.2, 0.25) is 0 Å². The topological polar surface area (TPSA) is 64.0 Å². The number of benzene rings is 2. The zero-order chi connectivity index (χ0) is 19.0. The molecule has 1 N–H and O–H groups in total. The minimum absolute atomic E-state index is 0.122. The van der Waals surface area contributed by atoms with Crippen LogP contribution in [0.15, 0.2) is 48.5 Å². The molecule has 5 nitrogen and oxygen atoms in total. The highest BCUT2D eigenvalue weighted by molar-refractivity contribution is 7.83. The molecule has 2 aromatic carbocycles. The van der Waals surface area contributed by atoms with Gasteiger partial charge in [0.2, 0.25) is 5.91 Å². The van der Waals surface area contributed by atoms with Crippen molar-refractivity contribution in [2.45, 2.75) is 24.9 Å². The molecule has 0 unspecified atom stereocenters. The number of nitrogens with zero attached hydrogens (tertiary/aromatic N) is 2. The summed E-state index contributed by atoms with van der Waals surface area (Å²) in [5, 5.41) is 7.54. The molecule has 1 aromatic heterocycles. The Labute approximate surface area is 158 Å². The fourth-order valence-electron chi connectivity index (χ4n) is 3.20. The summed E-state index contributed by atoms with van der Waals surface area (Å²) >= 11 is 0. The van der Waals surface area contributed by atoms with E-state index in [1.165, 1.54) is 12.1 Å². The Morgan fingerprint density at radius 3 is 2.67 bits per heavy atom. The van der Waals surface area contributed by atoms with Gasteiger partial charge in [-0.05, 0) is 36.2 Å². The Bertz CT molecular complexity index is 1040. The standard InChI is InChI=1S/C20H18FN3O2S/c1-13-4-2-3-5-18(13)24-20(16-11-27(26)12-17(16)23-24)22-19(25)10-14-6-8-15(21)9-7-14/h2-9H,10-12H2,1H3,(H,22,25)/t27-/m0/s1. The van der Waals surface area contributed by atoms with E-state index in [9.17, 15) is 13.4 Å². The molecule has 2 heterocycles. The number of carbonyl (C=O) groups is 1. The maximum Gasteiger partial charge on any atom is 0.229 e. The van der Waals surface area contributed by atoms with E-state index in [0.29, 0.717) is 17.3 Å². The zero-order valence-corrected chi connectivity index (χ0v) is 15.6. The second-order valence-electron chi connectivity index (χ2n) is 6.55. The first-order chi connectivity index (χ1) is 13.0. The van der Waals surface area contributed by atoms with Crippen LogP contribution in [0, 0.1) is 12.7 Å². The third kappa shape index (κ3) is 3.55. The molecule has 27 heavy (non-hydrogen) atoms. The number of hydrogen-bond acceptors (Lipinski definition) is 3. The van der Waals surface area contributed by atoms with Gasteiger partial charge >= 0.3 is 0 Å². The van der Waals surface area contributed by atoms with Gasteiger partial charge in [-0.2, -0.15) is 5.10 Å². The predicted octanol–water partition coefficient (Wildman–Crippen LogP) is 3.26. The number of amides is 1. The molecule has 7 heteroatoms. The lowest BCUT2D eigenvalue weighted by Gasteiger charge is -2.13. The molecule has 0 saturated carbocycles. The van der Waals surface area contributed by atoms with E-state index in [0.717, 1.165) is 28.1 Å². The van der Waals surface area contributed by atoms with E-state index < -0.39 is 10.8 Å². The predicted molar refractivity (Wildman–Crippen MR) is 103 cm³/mol. The van der Waals surface area contributed by atoms with Gasteiger partial charge < -0.3 is 5.32 Å². The van der Waals surface area contributed by atoms with Gasteiger partial charge in [0.25, 0.3) is 0 Å². The maximum absolute atomic E-state index is 13.1. The van der Waals surface area contributed by atoms with Gasteiger partial charge in [-0.25, -0.2) is 9.07 Å². The van der Waals surface area contributed by atoms with Crippen LogP contribution in [0.4, 0.5) is 10.2 Å². The quantitative estimate of drug-likeness (QED) is 0.752. The number of carbonyl (C=O) groups excluding carboxylic acids is 1. The summed E-state index contributed by atoms with van der Waals surface area (Å²) in [6.45, 7) is 1.98. The number of rotatable bonds is 4. The molecular formula is C20H18FN3O2S. The van der Waals surface area contributed by atoms with Gasteiger partial charge in [0.1, 0.15) is 11.6 Å². The first kappa shape index (κ1) is 17.6. The zero-order valence-electron chi connectivity index (χ0n) is 14.7. The molecule has 0 fully saturated rings. The Hall–Kier alpha value is -2.80. The number of aromatic nitrogens is 2. The van der Waals surface area contributed by atoms with Crippen molar-refractivity contribution in [1.82, 2.24) is 9.78 Å². The molecule has 1 atom stereocenters. The minimum Gasteiger partial charge on any atom is -0.310 e. The Morgan fingerprint density at radius 1 is 1.19 bits per heavy atom. The number of fused-ring (bicyclic) bond motifs is 1. The highest BCUT2D eigenvalue weighted by Gasteiger charge is 2.28. The van der Waals surface area contributed by atoms with Crippen molar-refractivity contribution in [3.8, 4) is 5.69 Å². The molecule has 0 spiro atoms. The summed E-state index contributed by atoms with van der Waals surface area (Å²) in [6.07, 6.45) is 0.122. The SMILES string of the molecule is Cc1ccccc1-n1nc2c(c1NC(=O)Cc1ccc(F)cc1)C[S@](=O)C2. The van der Waals surface area contributed by atoms with E-state index >= 15 is 0 Å². The molecular weight excluding hydrogens is 365 g/mol. The van der Waals surface area contributed by atoms with E-state index in [1.807, 2.05) is 31.2 Å². The summed E-state index contributed by atoms with van der Waals surface area (Å²) < 4.78 is 26.7. The molecule has 1 aliphatic heterocycles. The summed E-state index contributed by atoms with van der Waals surface area (Å²) in [5.41, 5.74) is 4.19. The molecule has 0 aliphatic carbocycles. The molecule has 0 saturated heterocycles. The second kappa shape index (κ2) is 7.08. The Morgan fingerprint density at radius 2 is 1.93 bits per heavy atom. The van der Waals surface area contributed by atoms with Crippen molar-refractivity contribution in [3.63, 3.8) is 0 Å². The van der Waals surface area contributed by atoms with Crippen molar-refractivity contribution in [2.24, 2.45) is 0 Å². The van der Waals surface area contributed by atoms with Crippen LogP contribution < -0.4 is 5.32 Å². The largest absolute Gasteiger partial charge is 0.310 e. The Kier molecular flexibility index (Phi) is 4.61. The summed E-state index contributed by atoms with van der Waals surface area (Å²) in [5.74, 6) is 0.786. The molecule has 3 aromatic rings. The lowest BCUT2D eigenvalue weighted by atomic mass is 10.1. The van der Waals surface area contributed by atoms with Crippen LogP contribution in [0.25, 0.3) is 5.69 Å². The monoisotopic (exact) mass is 383 g/mol. The van der Waals surface area contributed by atoms with Crippen molar-refractivity contribution < 1.29 is 13.4 Å². The van der Waals surface area contributed by atoms with Crippen LogP contribution >= 0.6 is 0 Å². The van der Waals surface area contributed by atoms with E-state index in [2.05, 4.69) is 10.4 Å². The third-order valence-corrected chi connectivity index (χ3v) is 5.76. The molecule has 0 radical (unpaired) electrons. The molecule has 0 bridgehead atoms. The Balaban J connectivity index is 1.67. The number of nitrogens with one attached hydrogen (secondary N) is 1. The van der Waals surface area contributed by atoms with E-state index in [1.54, 1.807) is 16.8 Å². The smallest absolute Gasteiger partial charge is 0.229 e. The van der Waals surface area contributed by atoms with Crippen LogP contribution in [0.5, 0.6) is 0 Å². The van der Waals surface area contributed by atoms with E-state index in [-0.39, 0.29) is 18.1 Å². The summed E-state index contributed by atoms with van der Waals surface area (Å²) in [6, 6.07) is 13.6. The van der Waals surface area contributed by atoms with E-state index in [4.69, 9.17) is 0 Å². The average Bonchev–Trinajstić information content (AvgIpc) is 3.15. The van der Waals surface area contributed by atoms with Crippen LogP contribution in [-0.2, 0) is 33.5 Å². The lowest BCUT2D eigenvalue weighted by molar-refractivity contribution is -0.115. The van der Waals surface area contributed by atoms with Gasteiger partial charge in [-0.3, -0.25) is 9.00 Å². The van der Waals surface area contributed by atoms with Crippen LogP contribution in [0.3, 0.4) is 0 Å². The number of aryl methyl sites for hydroxylation is 1. The molecule has 1 amide bonds. The second-order valence-corrected chi connectivity index (χ2v) is 8.01. The highest BCUT2D eigenvalue weighted by atomic mass is 32.2. The lowest BCUT2D eigenvalue weighted by Crippen LogP contribution is -2.18. The van der Waals surface area contributed by atoms with Crippen LogP contribution in [-0.4, -0.2) is 19.9 Å². The number of para-hydroxylation sites is 1. The van der Waals surface area contributed by atoms with Gasteiger partial charge in [0.05, 0.1) is 29.3 Å². The van der Waals surface area contributed by atoms with Gasteiger partial charge in [0, 0.05) is 16.4 Å².